The first-order valence-electron chi connectivity index (χ1n) is 8.34. The van der Waals surface area contributed by atoms with Gasteiger partial charge in [0.2, 0.25) is 0 Å². The van der Waals surface area contributed by atoms with Crippen LogP contribution in [0.1, 0.15) is 18.1 Å². The average molecular weight is 347 g/mol. The number of aromatic nitrogens is 2. The molecule has 2 N–H and O–H groups in total. The summed E-state index contributed by atoms with van der Waals surface area (Å²) < 4.78 is 1.93. The van der Waals surface area contributed by atoms with E-state index in [0.717, 1.165) is 22.6 Å². The standard InChI is InChI=1S/C20H21N5O/c1-15-3-7-18(8-4-15)22-13-20(26)24-23-16(2)17-5-9-19(10-6-17)25-12-11-21-14-25/h3-12,14,22H,13H2,1-2H3,(H,24,26)/b23-16-. The summed E-state index contributed by atoms with van der Waals surface area (Å²) in [6.45, 7) is 4.05. The van der Waals surface area contributed by atoms with E-state index < -0.39 is 0 Å². The van der Waals surface area contributed by atoms with Gasteiger partial charge in [0, 0.05) is 23.8 Å². The van der Waals surface area contributed by atoms with Crippen molar-refractivity contribution in [2.75, 3.05) is 11.9 Å². The minimum atomic E-state index is -0.194. The maximum Gasteiger partial charge on any atom is 0.259 e. The Balaban J connectivity index is 1.54. The van der Waals surface area contributed by atoms with Crippen LogP contribution in [0.2, 0.25) is 0 Å². The molecule has 3 aromatic rings. The zero-order valence-corrected chi connectivity index (χ0v) is 14.8. The van der Waals surface area contributed by atoms with Crippen molar-refractivity contribution in [3.63, 3.8) is 0 Å². The van der Waals surface area contributed by atoms with E-state index in [1.807, 2.05) is 73.1 Å². The van der Waals surface area contributed by atoms with Crippen molar-refractivity contribution in [2.45, 2.75) is 13.8 Å². The molecule has 0 aliphatic carbocycles. The van der Waals surface area contributed by atoms with Crippen LogP contribution in [0.15, 0.2) is 72.4 Å². The molecule has 1 amide bonds. The molecule has 6 heteroatoms. The molecular formula is C20H21N5O. The van der Waals surface area contributed by atoms with Crippen molar-refractivity contribution < 1.29 is 4.79 Å². The zero-order chi connectivity index (χ0) is 18.4. The Morgan fingerprint density at radius 1 is 1.12 bits per heavy atom. The second-order valence-corrected chi connectivity index (χ2v) is 5.97. The zero-order valence-electron chi connectivity index (χ0n) is 14.8. The predicted octanol–water partition coefficient (Wildman–Crippen LogP) is 3.13. The molecule has 6 nitrogen and oxygen atoms in total. The highest BCUT2D eigenvalue weighted by Crippen LogP contribution is 2.10. The van der Waals surface area contributed by atoms with Gasteiger partial charge in [-0.3, -0.25) is 4.79 Å². The van der Waals surface area contributed by atoms with Crippen LogP contribution in [-0.2, 0) is 4.79 Å². The highest BCUT2D eigenvalue weighted by molar-refractivity contribution is 5.99. The number of rotatable bonds is 6. The molecule has 1 aromatic heterocycles. The third-order valence-corrected chi connectivity index (χ3v) is 3.94. The molecule has 0 spiro atoms. The molecule has 132 valence electrons. The SMILES string of the molecule is C/C(=N/NC(=O)CNc1ccc(C)cc1)c1ccc(-n2ccnc2)cc1. The van der Waals surface area contributed by atoms with Crippen molar-refractivity contribution in [3.05, 3.63) is 78.4 Å². The summed E-state index contributed by atoms with van der Waals surface area (Å²) in [6, 6.07) is 15.8. The highest BCUT2D eigenvalue weighted by atomic mass is 16.2. The van der Waals surface area contributed by atoms with Gasteiger partial charge in [0.05, 0.1) is 18.6 Å². The van der Waals surface area contributed by atoms with E-state index in [1.54, 1.807) is 12.5 Å². The number of nitrogens with zero attached hydrogens (tertiary/aromatic N) is 3. The third kappa shape index (κ3) is 4.57. The molecular weight excluding hydrogens is 326 g/mol. The summed E-state index contributed by atoms with van der Waals surface area (Å²) in [5.41, 5.74) is 7.37. The van der Waals surface area contributed by atoms with Gasteiger partial charge in [-0.25, -0.2) is 10.4 Å². The lowest BCUT2D eigenvalue weighted by Crippen LogP contribution is -2.26. The Hall–Kier alpha value is -3.41. The minimum Gasteiger partial charge on any atom is -0.376 e. The predicted molar refractivity (Wildman–Crippen MR) is 104 cm³/mol. The fraction of sp³-hybridized carbons (Fsp3) is 0.150. The number of anilines is 1. The van der Waals surface area contributed by atoms with E-state index in [9.17, 15) is 4.79 Å². The fourth-order valence-corrected chi connectivity index (χ4v) is 2.39. The molecule has 2 aromatic carbocycles. The van der Waals surface area contributed by atoms with Gasteiger partial charge in [-0.1, -0.05) is 29.8 Å². The number of carbonyl (C=O) groups is 1. The van der Waals surface area contributed by atoms with Crippen molar-refractivity contribution in [1.82, 2.24) is 15.0 Å². The van der Waals surface area contributed by atoms with E-state index in [2.05, 4.69) is 20.8 Å². The largest absolute Gasteiger partial charge is 0.376 e. The van der Waals surface area contributed by atoms with Crippen LogP contribution in [0.25, 0.3) is 5.69 Å². The van der Waals surface area contributed by atoms with E-state index in [0.29, 0.717) is 0 Å². The second-order valence-electron chi connectivity index (χ2n) is 5.97. The van der Waals surface area contributed by atoms with E-state index in [1.165, 1.54) is 5.56 Å². The number of hydrogen-bond donors (Lipinski definition) is 2. The number of hydrogen-bond acceptors (Lipinski definition) is 4. The Morgan fingerprint density at radius 2 is 1.85 bits per heavy atom. The fourth-order valence-electron chi connectivity index (χ4n) is 2.39. The smallest absolute Gasteiger partial charge is 0.259 e. The van der Waals surface area contributed by atoms with Gasteiger partial charge in [0.15, 0.2) is 0 Å². The second kappa shape index (κ2) is 8.11. The summed E-state index contributed by atoms with van der Waals surface area (Å²) in [7, 11) is 0. The lowest BCUT2D eigenvalue weighted by molar-refractivity contribution is -0.119. The summed E-state index contributed by atoms with van der Waals surface area (Å²) in [5, 5.41) is 7.24. The third-order valence-electron chi connectivity index (χ3n) is 3.94. The quantitative estimate of drug-likeness (QED) is 0.531. The van der Waals surface area contributed by atoms with Crippen LogP contribution in [0, 0.1) is 6.92 Å². The molecule has 0 fully saturated rings. The van der Waals surface area contributed by atoms with Gasteiger partial charge in [-0.15, -0.1) is 0 Å². The minimum absolute atomic E-state index is 0.166. The van der Waals surface area contributed by atoms with Crippen LogP contribution in [-0.4, -0.2) is 27.7 Å². The maximum atomic E-state index is 11.9. The molecule has 0 saturated carbocycles. The average Bonchev–Trinajstić information content (AvgIpc) is 3.20. The van der Waals surface area contributed by atoms with Crippen LogP contribution >= 0.6 is 0 Å². The van der Waals surface area contributed by atoms with Gasteiger partial charge < -0.3 is 9.88 Å². The van der Waals surface area contributed by atoms with Crippen molar-refractivity contribution >= 4 is 17.3 Å². The Bertz CT molecular complexity index is 881. The van der Waals surface area contributed by atoms with Gasteiger partial charge in [-0.2, -0.15) is 5.10 Å². The van der Waals surface area contributed by atoms with Gasteiger partial charge in [0.25, 0.3) is 5.91 Å². The number of imidazole rings is 1. The highest BCUT2D eigenvalue weighted by Gasteiger charge is 2.03. The first-order valence-corrected chi connectivity index (χ1v) is 8.34. The first-order chi connectivity index (χ1) is 12.6. The lowest BCUT2D eigenvalue weighted by atomic mass is 10.1. The lowest BCUT2D eigenvalue weighted by Gasteiger charge is -2.07. The molecule has 0 bridgehead atoms. The molecule has 1 heterocycles. The molecule has 3 rings (SSSR count). The van der Waals surface area contributed by atoms with Crippen molar-refractivity contribution in [3.8, 4) is 5.69 Å². The number of amides is 1. The van der Waals surface area contributed by atoms with Crippen LogP contribution in [0.4, 0.5) is 5.69 Å². The van der Waals surface area contributed by atoms with Gasteiger partial charge >= 0.3 is 0 Å². The number of nitrogens with one attached hydrogen (secondary N) is 2. The molecule has 0 atom stereocenters. The normalized spacial score (nSPS) is 11.2. The summed E-state index contributed by atoms with van der Waals surface area (Å²) >= 11 is 0. The Morgan fingerprint density at radius 3 is 2.50 bits per heavy atom. The molecule has 0 radical (unpaired) electrons. The van der Waals surface area contributed by atoms with E-state index in [4.69, 9.17) is 0 Å². The molecule has 0 saturated heterocycles. The van der Waals surface area contributed by atoms with Crippen molar-refractivity contribution in [2.24, 2.45) is 5.10 Å². The maximum absolute atomic E-state index is 11.9. The van der Waals surface area contributed by atoms with Crippen LogP contribution < -0.4 is 10.7 Å². The topological polar surface area (TPSA) is 71.3 Å². The number of hydrazone groups is 1. The van der Waals surface area contributed by atoms with Crippen LogP contribution in [0.5, 0.6) is 0 Å². The number of aryl methyl sites for hydroxylation is 1. The Labute approximate surface area is 152 Å². The molecule has 26 heavy (non-hydrogen) atoms. The number of benzene rings is 2. The summed E-state index contributed by atoms with van der Waals surface area (Å²) in [5.74, 6) is -0.194. The summed E-state index contributed by atoms with van der Waals surface area (Å²) in [6.07, 6.45) is 5.37. The Kier molecular flexibility index (Phi) is 5.43. The number of carbonyl (C=O) groups excluding carboxylic acids is 1. The van der Waals surface area contributed by atoms with Gasteiger partial charge in [0.1, 0.15) is 0 Å². The first kappa shape index (κ1) is 17.4. The van der Waals surface area contributed by atoms with Crippen molar-refractivity contribution in [1.29, 1.82) is 0 Å². The molecule has 0 aliphatic rings. The molecule has 0 aliphatic heterocycles. The summed E-state index contributed by atoms with van der Waals surface area (Å²) in [4.78, 5) is 16.0. The monoisotopic (exact) mass is 347 g/mol. The van der Waals surface area contributed by atoms with E-state index >= 15 is 0 Å². The van der Waals surface area contributed by atoms with Gasteiger partial charge in [-0.05, 0) is 43.7 Å². The van der Waals surface area contributed by atoms with Crippen LogP contribution in [0.3, 0.4) is 0 Å². The molecule has 0 unspecified atom stereocenters. The van der Waals surface area contributed by atoms with E-state index in [-0.39, 0.29) is 12.5 Å².